The summed E-state index contributed by atoms with van der Waals surface area (Å²) in [6.45, 7) is 3.99. The number of nitrogens with one attached hydrogen (secondary N) is 1. The molecule has 6 heteroatoms. The van der Waals surface area contributed by atoms with Crippen molar-refractivity contribution in [1.82, 2.24) is 9.97 Å². The zero-order chi connectivity index (χ0) is 23.9. The molecule has 0 aliphatic carbocycles. The fraction of sp³-hybridized carbons (Fsp3) is 0.143. The summed E-state index contributed by atoms with van der Waals surface area (Å²) in [5.41, 5.74) is 5.78. The molecule has 1 amide bonds. The number of hydrogen-bond donors (Lipinski definition) is 1. The lowest BCUT2D eigenvalue weighted by molar-refractivity contribution is -0.115. The maximum absolute atomic E-state index is 13.0. The monoisotopic (exact) mass is 464 g/mol. The predicted octanol–water partition coefficient (Wildman–Crippen LogP) is 6.50. The first-order valence-corrected chi connectivity index (χ1v) is 11.9. The quantitative estimate of drug-likeness (QED) is 0.316. The van der Waals surface area contributed by atoms with Gasteiger partial charge in [-0.15, -0.1) is 0 Å². The van der Waals surface area contributed by atoms with Crippen LogP contribution in [0.5, 0.6) is 0 Å². The van der Waals surface area contributed by atoms with Crippen molar-refractivity contribution < 1.29 is 4.79 Å². The Hall–Kier alpha value is -3.95. The van der Waals surface area contributed by atoms with Crippen LogP contribution >= 0.6 is 11.8 Å². The Labute approximate surface area is 203 Å². The Morgan fingerprint density at radius 1 is 1.03 bits per heavy atom. The zero-order valence-electron chi connectivity index (χ0n) is 19.0. The first-order chi connectivity index (χ1) is 16.6. The molecule has 2 heterocycles. The van der Waals surface area contributed by atoms with E-state index in [0.29, 0.717) is 22.7 Å². The molecule has 0 saturated carbocycles. The average molecular weight is 465 g/mol. The number of nitrogens with zero attached hydrogens (tertiary/aromatic N) is 3. The minimum absolute atomic E-state index is 0.133. The first-order valence-electron chi connectivity index (χ1n) is 11.0. The minimum atomic E-state index is -0.412. The molecule has 0 aliphatic heterocycles. The number of thioether (sulfide) groups is 1. The van der Waals surface area contributed by atoms with Crippen LogP contribution < -0.4 is 5.32 Å². The van der Waals surface area contributed by atoms with E-state index < -0.39 is 5.25 Å². The summed E-state index contributed by atoms with van der Waals surface area (Å²) in [7, 11) is 0. The van der Waals surface area contributed by atoms with Gasteiger partial charge in [-0.3, -0.25) is 9.78 Å². The van der Waals surface area contributed by atoms with Crippen LogP contribution in [0.1, 0.15) is 24.5 Å². The van der Waals surface area contributed by atoms with Crippen LogP contribution in [0.4, 0.5) is 5.69 Å². The van der Waals surface area contributed by atoms with E-state index in [9.17, 15) is 10.1 Å². The fourth-order valence-corrected chi connectivity index (χ4v) is 4.57. The molecular weight excluding hydrogens is 440 g/mol. The van der Waals surface area contributed by atoms with Gasteiger partial charge in [0.1, 0.15) is 11.1 Å². The number of hydrogen-bond acceptors (Lipinski definition) is 5. The van der Waals surface area contributed by atoms with Crippen LogP contribution in [-0.2, 0) is 4.79 Å². The number of amides is 1. The number of carbonyl (C=O) groups excluding carboxylic acids is 1. The van der Waals surface area contributed by atoms with Crippen molar-refractivity contribution in [2.45, 2.75) is 30.5 Å². The van der Waals surface area contributed by atoms with Gasteiger partial charge in [0.25, 0.3) is 0 Å². The molecule has 0 radical (unpaired) electrons. The Bertz CT molecular complexity index is 1320. The van der Waals surface area contributed by atoms with E-state index in [2.05, 4.69) is 16.4 Å². The molecule has 4 rings (SSSR count). The van der Waals surface area contributed by atoms with Gasteiger partial charge < -0.3 is 5.32 Å². The van der Waals surface area contributed by atoms with Crippen molar-refractivity contribution in [3.63, 3.8) is 0 Å². The van der Waals surface area contributed by atoms with Crippen LogP contribution in [-0.4, -0.2) is 21.1 Å². The Balaban J connectivity index is 1.77. The molecule has 34 heavy (non-hydrogen) atoms. The highest BCUT2D eigenvalue weighted by Gasteiger charge is 2.23. The second kappa shape index (κ2) is 10.8. The third-order valence-electron chi connectivity index (χ3n) is 5.40. The van der Waals surface area contributed by atoms with Gasteiger partial charge >= 0.3 is 0 Å². The molecule has 1 unspecified atom stereocenters. The van der Waals surface area contributed by atoms with E-state index in [0.717, 1.165) is 27.9 Å². The number of nitriles is 1. The summed E-state index contributed by atoms with van der Waals surface area (Å²) in [6.07, 6.45) is 3.86. The Morgan fingerprint density at radius 2 is 1.74 bits per heavy atom. The molecule has 0 saturated heterocycles. The molecule has 2 aromatic carbocycles. The van der Waals surface area contributed by atoms with E-state index >= 15 is 0 Å². The molecule has 0 aliphatic rings. The molecule has 1 N–H and O–H groups in total. The van der Waals surface area contributed by atoms with Crippen molar-refractivity contribution in [3.8, 4) is 28.5 Å². The van der Waals surface area contributed by atoms with E-state index in [4.69, 9.17) is 4.98 Å². The van der Waals surface area contributed by atoms with Crippen LogP contribution in [0.2, 0.25) is 0 Å². The van der Waals surface area contributed by atoms with E-state index in [1.807, 2.05) is 74.5 Å². The SMILES string of the molecule is CCC(Sc1nc(-c2ccccc2)cc(-c2ccc(C)cc2)c1C#N)C(=O)Nc1ccncc1. The Kier molecular flexibility index (Phi) is 7.36. The van der Waals surface area contributed by atoms with Crippen molar-refractivity contribution in [2.75, 3.05) is 5.32 Å². The van der Waals surface area contributed by atoms with Gasteiger partial charge in [-0.05, 0) is 37.1 Å². The zero-order valence-corrected chi connectivity index (χ0v) is 19.8. The lowest BCUT2D eigenvalue weighted by atomic mass is 9.98. The first kappa shape index (κ1) is 23.2. The van der Waals surface area contributed by atoms with E-state index in [-0.39, 0.29) is 5.91 Å². The highest BCUT2D eigenvalue weighted by molar-refractivity contribution is 8.00. The average Bonchev–Trinajstić information content (AvgIpc) is 2.88. The van der Waals surface area contributed by atoms with Crippen LogP contribution in [0, 0.1) is 18.3 Å². The number of benzene rings is 2. The topological polar surface area (TPSA) is 78.7 Å². The minimum Gasteiger partial charge on any atom is -0.325 e. The van der Waals surface area contributed by atoms with E-state index in [1.165, 1.54) is 11.8 Å². The molecule has 0 fully saturated rings. The normalized spacial score (nSPS) is 11.4. The van der Waals surface area contributed by atoms with Gasteiger partial charge in [0.15, 0.2) is 0 Å². The molecule has 2 aromatic heterocycles. The molecule has 168 valence electrons. The maximum atomic E-state index is 13.0. The smallest absolute Gasteiger partial charge is 0.237 e. The number of aryl methyl sites for hydroxylation is 1. The Morgan fingerprint density at radius 3 is 2.38 bits per heavy atom. The molecule has 0 bridgehead atoms. The van der Waals surface area contributed by atoms with E-state index in [1.54, 1.807) is 24.5 Å². The molecule has 0 spiro atoms. The number of pyridine rings is 2. The standard InChI is InChI=1S/C28H24N4OS/c1-3-26(27(33)31-22-13-15-30-16-14-22)34-28-24(18-29)23(20-11-9-19(2)10-12-20)17-25(32-28)21-7-5-4-6-8-21/h4-17,26H,3H2,1-2H3,(H,30,31,33). The summed E-state index contributed by atoms with van der Waals surface area (Å²) in [5.74, 6) is -0.133. The molecule has 5 nitrogen and oxygen atoms in total. The molecule has 1 atom stereocenters. The lowest BCUT2D eigenvalue weighted by Crippen LogP contribution is -2.24. The van der Waals surface area contributed by atoms with Crippen molar-refractivity contribution in [2.24, 2.45) is 0 Å². The van der Waals surface area contributed by atoms with Crippen molar-refractivity contribution in [3.05, 3.63) is 96.3 Å². The van der Waals surface area contributed by atoms with Crippen LogP contribution in [0.15, 0.2) is 90.2 Å². The summed E-state index contributed by atoms with van der Waals surface area (Å²) in [5, 5.41) is 13.2. The molecule has 4 aromatic rings. The van der Waals surface area contributed by atoms with Gasteiger partial charge in [-0.2, -0.15) is 5.26 Å². The number of anilines is 1. The third kappa shape index (κ3) is 5.33. The van der Waals surface area contributed by atoms with Gasteiger partial charge in [0.2, 0.25) is 5.91 Å². The van der Waals surface area contributed by atoms with Gasteiger partial charge in [0.05, 0.1) is 16.5 Å². The van der Waals surface area contributed by atoms with Crippen molar-refractivity contribution in [1.29, 1.82) is 5.26 Å². The second-order valence-corrected chi connectivity index (χ2v) is 9.01. The maximum Gasteiger partial charge on any atom is 0.237 e. The van der Waals surface area contributed by atoms with Gasteiger partial charge in [-0.1, -0.05) is 78.8 Å². The van der Waals surface area contributed by atoms with Gasteiger partial charge in [0, 0.05) is 29.2 Å². The summed E-state index contributed by atoms with van der Waals surface area (Å²) >= 11 is 1.33. The summed E-state index contributed by atoms with van der Waals surface area (Å²) < 4.78 is 0. The fourth-order valence-electron chi connectivity index (χ4n) is 3.55. The van der Waals surface area contributed by atoms with Crippen LogP contribution in [0.3, 0.4) is 0 Å². The van der Waals surface area contributed by atoms with Crippen molar-refractivity contribution >= 4 is 23.4 Å². The third-order valence-corrected chi connectivity index (χ3v) is 6.75. The van der Waals surface area contributed by atoms with Gasteiger partial charge in [-0.25, -0.2) is 4.98 Å². The van der Waals surface area contributed by atoms with Crippen LogP contribution in [0.25, 0.3) is 22.4 Å². The predicted molar refractivity (Wildman–Crippen MR) is 137 cm³/mol. The number of aromatic nitrogens is 2. The second-order valence-electron chi connectivity index (χ2n) is 7.82. The lowest BCUT2D eigenvalue weighted by Gasteiger charge is -2.17. The highest BCUT2D eigenvalue weighted by atomic mass is 32.2. The summed E-state index contributed by atoms with van der Waals surface area (Å²) in [4.78, 5) is 21.9. The highest BCUT2D eigenvalue weighted by Crippen LogP contribution is 2.36. The number of carbonyl (C=O) groups is 1. The largest absolute Gasteiger partial charge is 0.325 e. The summed E-state index contributed by atoms with van der Waals surface area (Å²) in [6, 6.07) is 25.8. The molecular formula is C28H24N4OS. The number of rotatable bonds is 7.